The first kappa shape index (κ1) is 22.1. The molecule has 0 radical (unpaired) electrons. The van der Waals surface area contributed by atoms with Crippen LogP contribution in [0.2, 0.25) is 0 Å². The van der Waals surface area contributed by atoms with Gasteiger partial charge in [0.2, 0.25) is 5.43 Å². The number of aryl methyl sites for hydroxylation is 1. The van der Waals surface area contributed by atoms with Crippen LogP contribution in [0.25, 0.3) is 5.69 Å². The Morgan fingerprint density at radius 2 is 1.73 bits per heavy atom. The zero-order valence-corrected chi connectivity index (χ0v) is 17.3. The summed E-state index contributed by atoms with van der Waals surface area (Å²) in [6, 6.07) is 17.4. The average molecular weight is 453 g/mol. The summed E-state index contributed by atoms with van der Waals surface area (Å²) in [4.78, 5) is 25.6. The normalized spacial score (nSPS) is 12.4. The number of rotatable bonds is 5. The highest BCUT2D eigenvalue weighted by atomic mass is 19.4. The van der Waals surface area contributed by atoms with Crippen LogP contribution >= 0.6 is 0 Å². The number of hydrogen-bond acceptors (Lipinski definition) is 4. The molecule has 9 heteroatoms. The molecule has 0 aliphatic carbocycles. The number of aromatic nitrogens is 2. The maximum Gasteiger partial charge on any atom is 0.418 e. The van der Waals surface area contributed by atoms with Crippen LogP contribution in [0.3, 0.4) is 0 Å². The van der Waals surface area contributed by atoms with Gasteiger partial charge in [0.15, 0.2) is 5.69 Å². The van der Waals surface area contributed by atoms with Crippen molar-refractivity contribution in [1.29, 1.82) is 0 Å². The van der Waals surface area contributed by atoms with Crippen LogP contribution in [0.1, 0.15) is 39.1 Å². The molecule has 2 heterocycles. The van der Waals surface area contributed by atoms with Gasteiger partial charge in [-0.2, -0.15) is 18.3 Å². The molecule has 1 N–H and O–H groups in total. The van der Waals surface area contributed by atoms with E-state index in [-0.39, 0.29) is 11.4 Å². The van der Waals surface area contributed by atoms with E-state index < -0.39 is 34.8 Å². The van der Waals surface area contributed by atoms with Crippen molar-refractivity contribution < 1.29 is 22.4 Å². The third-order valence-corrected chi connectivity index (χ3v) is 5.00. The summed E-state index contributed by atoms with van der Waals surface area (Å²) >= 11 is 0. The highest BCUT2D eigenvalue weighted by Gasteiger charge is 2.34. The van der Waals surface area contributed by atoms with Crippen molar-refractivity contribution in [1.82, 2.24) is 15.1 Å². The standard InChI is InChI=1S/C24H18F3N3O3/c1-15-14-19(31)22(29-30(15)18-11-6-5-10-17(18)24(25,26)27)23(32)28-21(20-12-7-13-33-20)16-8-3-2-4-9-16/h2-14,21H,1H3,(H,28,32). The van der Waals surface area contributed by atoms with Gasteiger partial charge in [-0.15, -0.1) is 0 Å². The van der Waals surface area contributed by atoms with Crippen LogP contribution in [0.5, 0.6) is 0 Å². The fraction of sp³-hybridized carbons (Fsp3) is 0.125. The molecule has 0 fully saturated rings. The lowest BCUT2D eigenvalue weighted by atomic mass is 10.0. The number of nitrogens with zero attached hydrogens (tertiary/aromatic N) is 2. The third kappa shape index (κ3) is 4.57. The van der Waals surface area contributed by atoms with Gasteiger partial charge in [-0.1, -0.05) is 42.5 Å². The van der Waals surface area contributed by atoms with E-state index in [0.717, 1.165) is 16.8 Å². The van der Waals surface area contributed by atoms with Crippen LogP contribution < -0.4 is 10.7 Å². The summed E-state index contributed by atoms with van der Waals surface area (Å²) in [6.45, 7) is 1.44. The summed E-state index contributed by atoms with van der Waals surface area (Å²) in [5, 5.41) is 6.71. The Morgan fingerprint density at radius 1 is 1.03 bits per heavy atom. The fourth-order valence-electron chi connectivity index (χ4n) is 3.47. The topological polar surface area (TPSA) is 77.1 Å². The number of hydrogen-bond donors (Lipinski definition) is 1. The first-order valence-electron chi connectivity index (χ1n) is 9.92. The molecule has 4 rings (SSSR count). The summed E-state index contributed by atoms with van der Waals surface area (Å²) in [5.41, 5.74) is -1.63. The molecule has 2 aromatic carbocycles. The number of para-hydroxylation sites is 1. The van der Waals surface area contributed by atoms with Crippen LogP contribution in [0.4, 0.5) is 13.2 Å². The van der Waals surface area contributed by atoms with Crippen molar-refractivity contribution in [2.75, 3.05) is 0 Å². The molecule has 2 aromatic heterocycles. The minimum absolute atomic E-state index is 0.152. The average Bonchev–Trinajstić information content (AvgIpc) is 3.32. The van der Waals surface area contributed by atoms with Crippen LogP contribution in [0.15, 0.2) is 88.3 Å². The molecule has 0 aliphatic rings. The second-order valence-corrected chi connectivity index (χ2v) is 7.26. The predicted octanol–water partition coefficient (Wildman–Crippen LogP) is 4.67. The lowest BCUT2D eigenvalue weighted by Crippen LogP contribution is -2.35. The highest BCUT2D eigenvalue weighted by Crippen LogP contribution is 2.33. The zero-order valence-electron chi connectivity index (χ0n) is 17.3. The molecule has 168 valence electrons. The van der Waals surface area contributed by atoms with Gasteiger partial charge in [0.1, 0.15) is 11.8 Å². The van der Waals surface area contributed by atoms with Gasteiger partial charge < -0.3 is 9.73 Å². The lowest BCUT2D eigenvalue weighted by Gasteiger charge is -2.19. The van der Waals surface area contributed by atoms with Crippen molar-refractivity contribution in [3.63, 3.8) is 0 Å². The number of amides is 1. The molecule has 1 unspecified atom stereocenters. The maximum atomic E-state index is 13.5. The summed E-state index contributed by atoms with van der Waals surface area (Å²) < 4.78 is 47.0. The van der Waals surface area contributed by atoms with Crippen molar-refractivity contribution >= 4 is 5.91 Å². The molecule has 0 aliphatic heterocycles. The van der Waals surface area contributed by atoms with E-state index in [0.29, 0.717) is 11.3 Å². The monoisotopic (exact) mass is 453 g/mol. The largest absolute Gasteiger partial charge is 0.467 e. The Labute approximate surface area is 186 Å². The molecule has 0 bridgehead atoms. The summed E-state index contributed by atoms with van der Waals surface area (Å²) in [7, 11) is 0. The molecular formula is C24H18F3N3O3. The van der Waals surface area contributed by atoms with Gasteiger partial charge in [0.05, 0.1) is 17.5 Å². The molecule has 0 saturated carbocycles. The van der Waals surface area contributed by atoms with E-state index in [1.54, 1.807) is 36.4 Å². The van der Waals surface area contributed by atoms with Gasteiger partial charge in [0, 0.05) is 11.8 Å². The molecule has 0 saturated heterocycles. The second kappa shape index (κ2) is 8.78. The van der Waals surface area contributed by atoms with E-state index in [1.165, 1.54) is 31.4 Å². The van der Waals surface area contributed by atoms with E-state index in [2.05, 4.69) is 10.4 Å². The zero-order chi connectivity index (χ0) is 23.6. The summed E-state index contributed by atoms with van der Waals surface area (Å²) in [5.74, 6) is -0.423. The number of nitrogens with one attached hydrogen (secondary N) is 1. The molecule has 1 amide bonds. The molecule has 4 aromatic rings. The van der Waals surface area contributed by atoms with Crippen LogP contribution in [0, 0.1) is 6.92 Å². The Morgan fingerprint density at radius 3 is 2.39 bits per heavy atom. The Hall–Kier alpha value is -4.14. The van der Waals surface area contributed by atoms with Gasteiger partial charge in [0.25, 0.3) is 5.91 Å². The van der Waals surface area contributed by atoms with Gasteiger partial charge in [-0.05, 0) is 36.8 Å². The second-order valence-electron chi connectivity index (χ2n) is 7.26. The number of furan rings is 1. The number of halogens is 3. The molecular weight excluding hydrogens is 435 g/mol. The quantitative estimate of drug-likeness (QED) is 0.476. The number of benzene rings is 2. The van der Waals surface area contributed by atoms with Crippen molar-refractivity contribution in [2.24, 2.45) is 0 Å². The number of carbonyl (C=O) groups excluding carboxylic acids is 1. The fourth-order valence-corrected chi connectivity index (χ4v) is 3.47. The van der Waals surface area contributed by atoms with E-state index in [9.17, 15) is 22.8 Å². The van der Waals surface area contributed by atoms with Crippen LogP contribution in [-0.4, -0.2) is 15.7 Å². The minimum Gasteiger partial charge on any atom is -0.467 e. The molecule has 1 atom stereocenters. The van der Waals surface area contributed by atoms with E-state index >= 15 is 0 Å². The van der Waals surface area contributed by atoms with Crippen LogP contribution in [-0.2, 0) is 6.18 Å². The van der Waals surface area contributed by atoms with Crippen molar-refractivity contribution in [3.8, 4) is 5.69 Å². The first-order chi connectivity index (χ1) is 15.8. The number of carbonyl (C=O) groups is 1. The number of alkyl halides is 3. The van der Waals surface area contributed by atoms with Gasteiger partial charge >= 0.3 is 6.18 Å². The predicted molar refractivity (Wildman–Crippen MR) is 114 cm³/mol. The van der Waals surface area contributed by atoms with E-state index in [1.807, 2.05) is 6.07 Å². The third-order valence-electron chi connectivity index (χ3n) is 5.00. The first-order valence-corrected chi connectivity index (χ1v) is 9.92. The van der Waals surface area contributed by atoms with Crippen molar-refractivity contribution in [2.45, 2.75) is 19.1 Å². The Kier molecular flexibility index (Phi) is 5.87. The lowest BCUT2D eigenvalue weighted by molar-refractivity contribution is -0.137. The Bertz CT molecular complexity index is 1330. The molecule has 6 nitrogen and oxygen atoms in total. The molecule has 33 heavy (non-hydrogen) atoms. The molecule has 0 spiro atoms. The van der Waals surface area contributed by atoms with Gasteiger partial charge in [-0.25, -0.2) is 4.68 Å². The van der Waals surface area contributed by atoms with E-state index in [4.69, 9.17) is 4.42 Å². The summed E-state index contributed by atoms with van der Waals surface area (Å²) in [6.07, 6.45) is -3.20. The van der Waals surface area contributed by atoms with Crippen molar-refractivity contribution in [3.05, 3.63) is 118 Å². The highest BCUT2D eigenvalue weighted by molar-refractivity contribution is 5.92. The SMILES string of the molecule is Cc1cc(=O)c(C(=O)NC(c2ccccc2)c2ccco2)nn1-c1ccccc1C(F)(F)F. The minimum atomic E-state index is -4.64. The maximum absolute atomic E-state index is 13.5. The Balaban J connectivity index is 1.76. The smallest absolute Gasteiger partial charge is 0.418 e. The van der Waals surface area contributed by atoms with Gasteiger partial charge in [-0.3, -0.25) is 9.59 Å².